The van der Waals surface area contributed by atoms with Gasteiger partial charge in [0.25, 0.3) is 0 Å². The Kier molecular flexibility index (Phi) is 4.48. The Morgan fingerprint density at radius 2 is 1.91 bits per heavy atom. The lowest BCUT2D eigenvalue weighted by atomic mass is 9.93. The summed E-state index contributed by atoms with van der Waals surface area (Å²) in [5.41, 5.74) is 1.70. The molecule has 1 saturated heterocycles. The van der Waals surface area contributed by atoms with E-state index >= 15 is 0 Å². The highest BCUT2D eigenvalue weighted by Crippen LogP contribution is 2.37. The molecule has 118 valence electrons. The normalized spacial score (nSPS) is 20.6. The number of rotatable bonds is 3. The monoisotopic (exact) mass is 372 g/mol. The number of nitrogens with one attached hydrogen (secondary N) is 1. The summed E-state index contributed by atoms with van der Waals surface area (Å²) in [6, 6.07) is 16.9. The number of likely N-dealkylation sites (tertiary alicyclic amines) is 1. The maximum absolute atomic E-state index is 12.7. The lowest BCUT2D eigenvalue weighted by Gasteiger charge is -2.25. The van der Waals surface area contributed by atoms with Crippen molar-refractivity contribution >= 4 is 33.4 Å². The first-order chi connectivity index (χ1) is 11.1. The van der Waals surface area contributed by atoms with Crippen molar-refractivity contribution in [3.05, 3.63) is 64.6 Å². The van der Waals surface area contributed by atoms with Crippen LogP contribution in [-0.2, 0) is 9.59 Å². The lowest BCUT2D eigenvalue weighted by Crippen LogP contribution is -2.30. The Bertz CT molecular complexity index is 733. The molecule has 0 unspecified atom stereocenters. The standard InChI is InChI=1S/C18H17BrN2O2/c1-21-16(22)11-15(17(21)12-6-3-2-4-7-12)18(23)20-14-9-5-8-13(19)10-14/h2-10,15,17H,11H2,1H3,(H,20,23)/t15-,17+/m0/s1. The molecule has 2 aromatic carbocycles. The van der Waals surface area contributed by atoms with Gasteiger partial charge in [-0.1, -0.05) is 52.3 Å². The minimum Gasteiger partial charge on any atom is -0.338 e. The number of carbonyl (C=O) groups excluding carboxylic acids is 2. The molecule has 1 heterocycles. The quantitative estimate of drug-likeness (QED) is 0.894. The van der Waals surface area contributed by atoms with E-state index in [9.17, 15) is 9.59 Å². The van der Waals surface area contributed by atoms with E-state index in [0.29, 0.717) is 0 Å². The summed E-state index contributed by atoms with van der Waals surface area (Å²) in [6.07, 6.45) is 0.232. The number of halogens is 1. The van der Waals surface area contributed by atoms with Crippen LogP contribution in [0.15, 0.2) is 59.1 Å². The van der Waals surface area contributed by atoms with Gasteiger partial charge in [-0.3, -0.25) is 9.59 Å². The fraction of sp³-hybridized carbons (Fsp3) is 0.222. The maximum atomic E-state index is 12.7. The second kappa shape index (κ2) is 6.54. The summed E-state index contributed by atoms with van der Waals surface area (Å²) in [5, 5.41) is 2.92. The minimum atomic E-state index is -0.395. The first-order valence-electron chi connectivity index (χ1n) is 7.43. The SMILES string of the molecule is CN1C(=O)C[C@H](C(=O)Nc2cccc(Br)c2)[C@H]1c1ccccc1. The predicted molar refractivity (Wildman–Crippen MR) is 92.8 cm³/mol. The van der Waals surface area contributed by atoms with Gasteiger partial charge in [-0.15, -0.1) is 0 Å². The molecule has 0 aromatic heterocycles. The van der Waals surface area contributed by atoms with Gasteiger partial charge in [-0.2, -0.15) is 0 Å². The summed E-state index contributed by atoms with van der Waals surface area (Å²) in [4.78, 5) is 26.5. The average Bonchev–Trinajstić information content (AvgIpc) is 2.84. The summed E-state index contributed by atoms with van der Waals surface area (Å²) in [5.74, 6) is -0.531. The van der Waals surface area contributed by atoms with Crippen molar-refractivity contribution in [3.63, 3.8) is 0 Å². The van der Waals surface area contributed by atoms with Gasteiger partial charge in [0.15, 0.2) is 0 Å². The lowest BCUT2D eigenvalue weighted by molar-refractivity contribution is -0.127. The van der Waals surface area contributed by atoms with Gasteiger partial charge in [-0.05, 0) is 23.8 Å². The summed E-state index contributed by atoms with van der Waals surface area (Å²) in [6.45, 7) is 0. The van der Waals surface area contributed by atoms with Crippen molar-refractivity contribution in [1.29, 1.82) is 0 Å². The third-order valence-corrected chi connectivity index (χ3v) is 4.65. The molecule has 1 fully saturated rings. The number of anilines is 1. The molecular formula is C18H17BrN2O2. The van der Waals surface area contributed by atoms with Gasteiger partial charge in [0.2, 0.25) is 11.8 Å². The fourth-order valence-electron chi connectivity index (χ4n) is 3.01. The number of hydrogen-bond acceptors (Lipinski definition) is 2. The Hall–Kier alpha value is -2.14. The van der Waals surface area contributed by atoms with Crippen LogP contribution in [0.5, 0.6) is 0 Å². The first-order valence-corrected chi connectivity index (χ1v) is 8.22. The zero-order valence-electron chi connectivity index (χ0n) is 12.7. The van der Waals surface area contributed by atoms with Crippen molar-refractivity contribution in [2.75, 3.05) is 12.4 Å². The summed E-state index contributed by atoms with van der Waals surface area (Å²) < 4.78 is 0.898. The first kappa shape index (κ1) is 15.7. The van der Waals surface area contributed by atoms with Gasteiger partial charge in [0.05, 0.1) is 12.0 Å². The van der Waals surface area contributed by atoms with Gasteiger partial charge in [0, 0.05) is 23.6 Å². The summed E-state index contributed by atoms with van der Waals surface area (Å²) in [7, 11) is 1.76. The van der Waals surface area contributed by atoms with E-state index in [1.165, 1.54) is 0 Å². The van der Waals surface area contributed by atoms with Gasteiger partial charge in [0.1, 0.15) is 0 Å². The largest absolute Gasteiger partial charge is 0.338 e. The average molecular weight is 373 g/mol. The van der Waals surface area contributed by atoms with Crippen molar-refractivity contribution < 1.29 is 9.59 Å². The van der Waals surface area contributed by atoms with Gasteiger partial charge in [-0.25, -0.2) is 0 Å². The molecule has 1 N–H and O–H groups in total. The predicted octanol–water partition coefficient (Wildman–Crippen LogP) is 3.61. The number of benzene rings is 2. The van der Waals surface area contributed by atoms with Crippen LogP contribution in [0.25, 0.3) is 0 Å². The number of carbonyl (C=O) groups is 2. The van der Waals surface area contributed by atoms with Crippen LogP contribution in [0.3, 0.4) is 0 Å². The van der Waals surface area contributed by atoms with Crippen LogP contribution in [0, 0.1) is 5.92 Å². The van der Waals surface area contributed by atoms with E-state index in [0.717, 1.165) is 15.7 Å². The third-order valence-electron chi connectivity index (χ3n) is 4.16. The molecule has 0 radical (unpaired) electrons. The zero-order valence-corrected chi connectivity index (χ0v) is 14.3. The van der Waals surface area contributed by atoms with Crippen LogP contribution in [-0.4, -0.2) is 23.8 Å². The van der Waals surface area contributed by atoms with E-state index < -0.39 is 5.92 Å². The minimum absolute atomic E-state index is 0.00625. The Balaban J connectivity index is 1.84. The molecule has 0 aliphatic carbocycles. The molecule has 5 heteroatoms. The molecule has 0 bridgehead atoms. The highest BCUT2D eigenvalue weighted by atomic mass is 79.9. The van der Waals surface area contributed by atoms with Gasteiger partial charge < -0.3 is 10.2 Å². The topological polar surface area (TPSA) is 49.4 Å². The molecule has 2 aromatic rings. The van der Waals surface area contributed by atoms with Crippen LogP contribution in [0.1, 0.15) is 18.0 Å². The van der Waals surface area contributed by atoms with E-state index in [4.69, 9.17) is 0 Å². The number of hydrogen-bond donors (Lipinski definition) is 1. The molecule has 2 amide bonds. The van der Waals surface area contributed by atoms with E-state index in [1.807, 2.05) is 54.6 Å². The second-order valence-corrected chi connectivity index (χ2v) is 6.59. The summed E-state index contributed by atoms with van der Waals surface area (Å²) >= 11 is 3.39. The molecule has 3 rings (SSSR count). The van der Waals surface area contributed by atoms with Crippen LogP contribution in [0.2, 0.25) is 0 Å². The third kappa shape index (κ3) is 3.29. The molecule has 2 atom stereocenters. The van der Waals surface area contributed by atoms with E-state index in [2.05, 4.69) is 21.2 Å². The maximum Gasteiger partial charge on any atom is 0.230 e. The molecule has 1 aliphatic heterocycles. The van der Waals surface area contributed by atoms with E-state index in [-0.39, 0.29) is 24.3 Å². The Morgan fingerprint density at radius 1 is 1.17 bits per heavy atom. The van der Waals surface area contributed by atoms with Crippen LogP contribution >= 0.6 is 15.9 Å². The molecule has 1 aliphatic rings. The van der Waals surface area contributed by atoms with Crippen LogP contribution in [0.4, 0.5) is 5.69 Å². The van der Waals surface area contributed by atoms with E-state index in [1.54, 1.807) is 11.9 Å². The molecular weight excluding hydrogens is 356 g/mol. The van der Waals surface area contributed by atoms with Crippen molar-refractivity contribution in [3.8, 4) is 0 Å². The fourth-order valence-corrected chi connectivity index (χ4v) is 3.41. The number of nitrogens with zero attached hydrogens (tertiary/aromatic N) is 1. The number of amides is 2. The Morgan fingerprint density at radius 3 is 2.61 bits per heavy atom. The van der Waals surface area contributed by atoms with Crippen LogP contribution < -0.4 is 5.32 Å². The van der Waals surface area contributed by atoms with Gasteiger partial charge >= 0.3 is 0 Å². The molecule has 0 saturated carbocycles. The van der Waals surface area contributed by atoms with Crippen molar-refractivity contribution in [1.82, 2.24) is 4.90 Å². The molecule has 0 spiro atoms. The molecule has 4 nitrogen and oxygen atoms in total. The highest BCUT2D eigenvalue weighted by molar-refractivity contribution is 9.10. The second-order valence-electron chi connectivity index (χ2n) is 5.67. The Labute approximate surface area is 143 Å². The van der Waals surface area contributed by atoms with Crippen molar-refractivity contribution in [2.45, 2.75) is 12.5 Å². The highest BCUT2D eigenvalue weighted by Gasteiger charge is 2.42. The molecule has 23 heavy (non-hydrogen) atoms. The van der Waals surface area contributed by atoms with Crippen molar-refractivity contribution in [2.24, 2.45) is 5.92 Å². The zero-order chi connectivity index (χ0) is 16.4. The smallest absolute Gasteiger partial charge is 0.230 e.